The predicted molar refractivity (Wildman–Crippen MR) is 105 cm³/mol. The molecule has 2 aromatic carbocycles. The van der Waals surface area contributed by atoms with Crippen molar-refractivity contribution < 1.29 is 9.18 Å². The molecule has 5 heteroatoms. The van der Waals surface area contributed by atoms with Gasteiger partial charge in [-0.25, -0.2) is 4.39 Å². The molecule has 0 radical (unpaired) electrons. The minimum atomic E-state index is -0.233. The highest BCUT2D eigenvalue weighted by atomic mass is 19.1. The van der Waals surface area contributed by atoms with Crippen LogP contribution in [0.1, 0.15) is 21.6 Å². The second kappa shape index (κ2) is 8.94. The van der Waals surface area contributed by atoms with Crippen molar-refractivity contribution in [3.05, 3.63) is 95.6 Å². The van der Waals surface area contributed by atoms with E-state index in [1.165, 1.54) is 12.1 Å². The number of aromatic nitrogens is 1. The molecular weight excluding hydrogens is 341 g/mol. The van der Waals surface area contributed by atoms with Crippen molar-refractivity contribution in [1.82, 2.24) is 9.88 Å². The molecular formula is C22H22FN3O. The van der Waals surface area contributed by atoms with Crippen molar-refractivity contribution in [1.29, 1.82) is 0 Å². The summed E-state index contributed by atoms with van der Waals surface area (Å²) in [5.74, 6) is -0.357. The van der Waals surface area contributed by atoms with Gasteiger partial charge in [0.1, 0.15) is 11.5 Å². The molecule has 3 rings (SSSR count). The van der Waals surface area contributed by atoms with Gasteiger partial charge in [-0.15, -0.1) is 0 Å². The molecule has 0 saturated heterocycles. The first-order valence-electron chi connectivity index (χ1n) is 8.85. The molecule has 3 aromatic rings. The summed E-state index contributed by atoms with van der Waals surface area (Å²) in [4.78, 5) is 18.5. The molecule has 138 valence electrons. The van der Waals surface area contributed by atoms with Gasteiger partial charge >= 0.3 is 0 Å². The number of nitrogens with one attached hydrogen (secondary N) is 1. The molecule has 0 aliphatic rings. The number of carbonyl (C=O) groups excluding carboxylic acids is 1. The first-order valence-corrected chi connectivity index (χ1v) is 8.85. The molecule has 0 atom stereocenters. The summed E-state index contributed by atoms with van der Waals surface area (Å²) in [5.41, 5.74) is 3.36. The summed E-state index contributed by atoms with van der Waals surface area (Å²) in [6, 6.07) is 19.9. The second-order valence-corrected chi connectivity index (χ2v) is 6.38. The van der Waals surface area contributed by atoms with Gasteiger partial charge in [-0.05, 0) is 41.8 Å². The average molecular weight is 363 g/mol. The number of halogens is 1. The Hall–Kier alpha value is -3.21. The number of hydrogen-bond acceptors (Lipinski definition) is 3. The van der Waals surface area contributed by atoms with E-state index in [0.29, 0.717) is 18.8 Å². The van der Waals surface area contributed by atoms with Crippen LogP contribution in [0.3, 0.4) is 0 Å². The summed E-state index contributed by atoms with van der Waals surface area (Å²) in [7, 11) is 1.77. The number of amides is 1. The van der Waals surface area contributed by atoms with Crippen LogP contribution >= 0.6 is 0 Å². The number of benzene rings is 2. The van der Waals surface area contributed by atoms with E-state index in [1.54, 1.807) is 36.3 Å². The number of nitrogens with zero attached hydrogens (tertiary/aromatic N) is 2. The van der Waals surface area contributed by atoms with E-state index in [0.717, 1.165) is 23.2 Å². The Bertz CT molecular complexity index is 882. The van der Waals surface area contributed by atoms with Gasteiger partial charge in [-0.3, -0.25) is 9.78 Å². The van der Waals surface area contributed by atoms with E-state index < -0.39 is 0 Å². The maximum Gasteiger partial charge on any atom is 0.272 e. The first-order chi connectivity index (χ1) is 13.1. The van der Waals surface area contributed by atoms with E-state index in [1.807, 2.05) is 36.4 Å². The molecule has 0 bridgehead atoms. The van der Waals surface area contributed by atoms with Gasteiger partial charge in [0.2, 0.25) is 0 Å². The third-order valence-corrected chi connectivity index (χ3v) is 4.24. The maximum absolute atomic E-state index is 12.9. The Morgan fingerprint density at radius 3 is 2.52 bits per heavy atom. The highest BCUT2D eigenvalue weighted by Gasteiger charge is 2.14. The normalized spacial score (nSPS) is 10.4. The standard InChI is InChI=1S/C22H22FN3O/c1-26(16-18-5-3-2-4-6-18)22(27)21-15-20(12-14-25-21)24-13-11-17-7-9-19(23)10-8-17/h2-10,12,14-15H,11,13,16H2,1H3,(H,24,25). The summed E-state index contributed by atoms with van der Waals surface area (Å²) < 4.78 is 12.9. The van der Waals surface area contributed by atoms with Crippen LogP contribution in [-0.4, -0.2) is 29.4 Å². The summed E-state index contributed by atoms with van der Waals surface area (Å²) in [6.07, 6.45) is 2.39. The van der Waals surface area contributed by atoms with Crippen LogP contribution in [0.5, 0.6) is 0 Å². The van der Waals surface area contributed by atoms with Gasteiger partial charge in [0.25, 0.3) is 5.91 Å². The monoisotopic (exact) mass is 363 g/mol. The lowest BCUT2D eigenvalue weighted by atomic mass is 10.1. The average Bonchev–Trinajstić information content (AvgIpc) is 2.70. The lowest BCUT2D eigenvalue weighted by Gasteiger charge is -2.17. The zero-order valence-electron chi connectivity index (χ0n) is 15.2. The van der Waals surface area contributed by atoms with Crippen LogP contribution in [0, 0.1) is 5.82 Å². The molecule has 0 fully saturated rings. The Morgan fingerprint density at radius 2 is 1.78 bits per heavy atom. The van der Waals surface area contributed by atoms with Crippen LogP contribution in [0.15, 0.2) is 72.9 Å². The van der Waals surface area contributed by atoms with E-state index >= 15 is 0 Å². The lowest BCUT2D eigenvalue weighted by Crippen LogP contribution is -2.27. The van der Waals surface area contributed by atoms with Gasteiger partial charge in [-0.1, -0.05) is 42.5 Å². The number of pyridine rings is 1. The van der Waals surface area contributed by atoms with E-state index in [4.69, 9.17) is 0 Å². The van der Waals surface area contributed by atoms with Crippen molar-refractivity contribution in [2.75, 3.05) is 18.9 Å². The number of carbonyl (C=O) groups is 1. The van der Waals surface area contributed by atoms with Crippen molar-refractivity contribution in [3.8, 4) is 0 Å². The van der Waals surface area contributed by atoms with E-state index in [2.05, 4.69) is 10.3 Å². The van der Waals surface area contributed by atoms with Crippen molar-refractivity contribution in [3.63, 3.8) is 0 Å². The first kappa shape index (κ1) is 18.6. The number of rotatable bonds is 7. The Kier molecular flexibility index (Phi) is 6.15. The topological polar surface area (TPSA) is 45.2 Å². The Balaban J connectivity index is 1.57. The van der Waals surface area contributed by atoms with Crippen molar-refractivity contribution in [2.45, 2.75) is 13.0 Å². The van der Waals surface area contributed by atoms with Gasteiger partial charge in [0, 0.05) is 32.0 Å². The minimum Gasteiger partial charge on any atom is -0.385 e. The fourth-order valence-electron chi connectivity index (χ4n) is 2.78. The van der Waals surface area contributed by atoms with Crippen LogP contribution in [0.4, 0.5) is 10.1 Å². The van der Waals surface area contributed by atoms with Crippen LogP contribution < -0.4 is 5.32 Å². The predicted octanol–water partition coefficient (Wildman–Crippen LogP) is 4.15. The lowest BCUT2D eigenvalue weighted by molar-refractivity contribution is 0.0779. The molecule has 0 aliphatic heterocycles. The fourth-order valence-corrected chi connectivity index (χ4v) is 2.78. The molecule has 4 nitrogen and oxygen atoms in total. The summed E-state index contributed by atoms with van der Waals surface area (Å²) in [6.45, 7) is 1.21. The van der Waals surface area contributed by atoms with Gasteiger partial charge < -0.3 is 10.2 Å². The quantitative estimate of drug-likeness (QED) is 0.686. The largest absolute Gasteiger partial charge is 0.385 e. The highest BCUT2D eigenvalue weighted by molar-refractivity contribution is 5.92. The van der Waals surface area contributed by atoms with E-state index in [-0.39, 0.29) is 11.7 Å². The molecule has 1 amide bonds. The zero-order valence-corrected chi connectivity index (χ0v) is 15.2. The molecule has 0 aliphatic carbocycles. The Labute approximate surface area is 158 Å². The Morgan fingerprint density at radius 1 is 1.04 bits per heavy atom. The van der Waals surface area contributed by atoms with Gasteiger partial charge in [0.05, 0.1) is 0 Å². The smallest absolute Gasteiger partial charge is 0.272 e. The molecule has 1 N–H and O–H groups in total. The molecule has 1 heterocycles. The van der Waals surface area contributed by atoms with Crippen molar-refractivity contribution in [2.24, 2.45) is 0 Å². The maximum atomic E-state index is 12.9. The molecule has 0 spiro atoms. The summed E-state index contributed by atoms with van der Waals surface area (Å²) in [5, 5.41) is 3.29. The molecule has 0 saturated carbocycles. The number of hydrogen-bond donors (Lipinski definition) is 1. The third-order valence-electron chi connectivity index (χ3n) is 4.24. The van der Waals surface area contributed by atoms with Gasteiger partial charge in [0.15, 0.2) is 0 Å². The minimum absolute atomic E-state index is 0.124. The zero-order chi connectivity index (χ0) is 19.1. The molecule has 1 aromatic heterocycles. The summed E-state index contributed by atoms with van der Waals surface area (Å²) >= 11 is 0. The van der Waals surface area contributed by atoms with Gasteiger partial charge in [-0.2, -0.15) is 0 Å². The second-order valence-electron chi connectivity index (χ2n) is 6.38. The third kappa shape index (κ3) is 5.38. The van der Waals surface area contributed by atoms with Crippen molar-refractivity contribution >= 4 is 11.6 Å². The van der Waals surface area contributed by atoms with Crippen LogP contribution in [-0.2, 0) is 13.0 Å². The van der Waals surface area contributed by atoms with Crippen LogP contribution in [0.2, 0.25) is 0 Å². The highest BCUT2D eigenvalue weighted by Crippen LogP contribution is 2.12. The molecule has 0 unspecified atom stereocenters. The fraction of sp³-hybridized carbons (Fsp3) is 0.182. The van der Waals surface area contributed by atoms with E-state index in [9.17, 15) is 9.18 Å². The van der Waals surface area contributed by atoms with Crippen LogP contribution in [0.25, 0.3) is 0 Å². The SMILES string of the molecule is CN(Cc1ccccc1)C(=O)c1cc(NCCc2ccc(F)cc2)ccn1. The molecule has 27 heavy (non-hydrogen) atoms. The number of anilines is 1.